The van der Waals surface area contributed by atoms with Crippen LogP contribution in [0.4, 0.5) is 0 Å². The SMILES string of the molecule is CCC1(COC(=O)C2CC3CC2C(C2C4CC(CC4C(=O)O)C2C2C4CC(COCC5CO5)C(C4)C2C2C(=O)N(C4CCCCC4)C(=O)C2C2C(=O)NC(=O)C2C)C3C)COC1. The minimum Gasteiger partial charge on any atom is -0.481 e. The number of esters is 1. The number of hydrogen-bond acceptors (Lipinski definition) is 10. The Labute approximate surface area is 365 Å². The van der Waals surface area contributed by atoms with E-state index in [-0.39, 0.29) is 112 Å². The summed E-state index contributed by atoms with van der Waals surface area (Å²) in [5, 5.41) is 13.3. The fourth-order valence-electron chi connectivity index (χ4n) is 17.3. The van der Waals surface area contributed by atoms with Crippen molar-refractivity contribution in [3.05, 3.63) is 0 Å². The summed E-state index contributed by atoms with van der Waals surface area (Å²) in [7, 11) is 0. The van der Waals surface area contributed by atoms with E-state index >= 15 is 9.59 Å². The molecule has 4 heterocycles. The molecule has 4 aliphatic heterocycles. The number of carboxylic acids is 1. The highest BCUT2D eigenvalue weighted by Crippen LogP contribution is 2.73. The molecular weight excluding hydrogens is 793 g/mol. The third-order valence-corrected chi connectivity index (χ3v) is 20.2. The summed E-state index contributed by atoms with van der Waals surface area (Å²) in [6, 6.07) is -0.205. The molecule has 0 aromatic rings. The van der Waals surface area contributed by atoms with E-state index in [0.29, 0.717) is 57.9 Å². The predicted molar refractivity (Wildman–Crippen MR) is 220 cm³/mol. The van der Waals surface area contributed by atoms with Crippen LogP contribution in [0.1, 0.15) is 97.8 Å². The van der Waals surface area contributed by atoms with Crippen LogP contribution < -0.4 is 5.32 Å². The van der Waals surface area contributed by atoms with Crippen molar-refractivity contribution in [3.8, 4) is 0 Å². The average molecular weight is 861 g/mol. The third kappa shape index (κ3) is 6.44. The maximum atomic E-state index is 15.5. The van der Waals surface area contributed by atoms with Crippen LogP contribution in [0.3, 0.4) is 0 Å². The van der Waals surface area contributed by atoms with E-state index in [1.807, 2.05) is 0 Å². The quantitative estimate of drug-likeness (QED) is 0.137. The fourth-order valence-corrected chi connectivity index (χ4v) is 17.3. The summed E-state index contributed by atoms with van der Waals surface area (Å²) in [5.41, 5.74) is -0.108. The Morgan fingerprint density at radius 1 is 0.758 bits per heavy atom. The van der Waals surface area contributed by atoms with Crippen molar-refractivity contribution in [1.29, 1.82) is 0 Å². The highest BCUT2D eigenvalue weighted by molar-refractivity contribution is 6.11. The summed E-state index contributed by atoms with van der Waals surface area (Å²) in [5.74, 6) is -4.34. The molecule has 20 atom stereocenters. The zero-order valence-corrected chi connectivity index (χ0v) is 36.8. The van der Waals surface area contributed by atoms with Crippen LogP contribution >= 0.6 is 0 Å². The standard InChI is InChI=1S/C49H68N2O11/c1-4-49(19-60-20-49)21-62-48(58)34-12-24-11-32(34)35(22(24)2)40-31-14-26(15-33(31)47(56)57)38(40)37-25-10-27(16-59-17-29-18-61-29)30(13-25)39(37)42-41(36-23(3)43(52)50-44(36)53)45(54)51(46(42)55)28-8-6-5-7-9-28/h22-42H,4-21H2,1-3H3,(H,56,57)(H,50,52,53). The van der Waals surface area contributed by atoms with E-state index in [4.69, 9.17) is 18.9 Å². The number of carbonyl (C=O) groups excluding carboxylic acids is 5. The monoisotopic (exact) mass is 860 g/mol. The van der Waals surface area contributed by atoms with Gasteiger partial charge >= 0.3 is 11.9 Å². The number of likely N-dealkylation sites (tertiary alicyclic amines) is 1. The van der Waals surface area contributed by atoms with Gasteiger partial charge in [0.25, 0.3) is 0 Å². The van der Waals surface area contributed by atoms with Gasteiger partial charge in [-0.25, -0.2) is 0 Å². The molecule has 0 aromatic heterocycles. The molecule has 7 saturated carbocycles. The van der Waals surface area contributed by atoms with Gasteiger partial charge in [0.2, 0.25) is 23.6 Å². The van der Waals surface area contributed by atoms with Crippen molar-refractivity contribution in [1.82, 2.24) is 10.2 Å². The minimum absolute atomic E-state index is 0.0207. The van der Waals surface area contributed by atoms with Crippen LogP contribution in [-0.2, 0) is 47.7 Å². The molecule has 11 aliphatic rings. The number of imide groups is 2. The number of carboxylic acid groups (broad SMARTS) is 1. The largest absolute Gasteiger partial charge is 0.481 e. The zero-order chi connectivity index (χ0) is 42.9. The summed E-state index contributed by atoms with van der Waals surface area (Å²) in [4.78, 5) is 86.5. The smallest absolute Gasteiger partial charge is 0.309 e. The highest BCUT2D eigenvalue weighted by atomic mass is 16.6. The number of rotatable bonds is 14. The number of nitrogens with one attached hydrogen (secondary N) is 1. The van der Waals surface area contributed by atoms with Crippen molar-refractivity contribution >= 4 is 35.6 Å². The number of fused-ring (bicyclic) bond motifs is 6. The lowest BCUT2D eigenvalue weighted by Gasteiger charge is -2.51. The lowest BCUT2D eigenvalue weighted by molar-refractivity contribution is -0.177. The molecule has 13 nitrogen and oxygen atoms in total. The number of hydrogen-bond donors (Lipinski definition) is 2. The van der Waals surface area contributed by atoms with Gasteiger partial charge in [-0.1, -0.05) is 40.0 Å². The number of nitrogens with zero attached hydrogens (tertiary/aromatic N) is 1. The summed E-state index contributed by atoms with van der Waals surface area (Å²) in [6.45, 7) is 9.58. The Bertz CT molecular complexity index is 1850. The lowest BCUT2D eigenvalue weighted by atomic mass is 9.52. The van der Waals surface area contributed by atoms with Gasteiger partial charge in [-0.05, 0) is 135 Å². The van der Waals surface area contributed by atoms with Gasteiger partial charge in [0, 0.05) is 18.6 Å². The van der Waals surface area contributed by atoms with Crippen molar-refractivity contribution in [2.75, 3.05) is 39.6 Å². The van der Waals surface area contributed by atoms with Crippen molar-refractivity contribution in [2.24, 2.45) is 118 Å². The van der Waals surface area contributed by atoms with Gasteiger partial charge in [-0.3, -0.25) is 39.0 Å². The Kier molecular flexibility index (Phi) is 10.5. The maximum absolute atomic E-state index is 15.5. The topological polar surface area (TPSA) is 178 Å². The van der Waals surface area contributed by atoms with E-state index in [2.05, 4.69) is 19.2 Å². The molecule has 4 saturated heterocycles. The second-order valence-electron chi connectivity index (χ2n) is 22.7. The number of aliphatic carboxylic acids is 1. The third-order valence-electron chi connectivity index (χ3n) is 20.2. The Morgan fingerprint density at radius 2 is 1.42 bits per heavy atom. The Balaban J connectivity index is 0.969. The number of carbonyl (C=O) groups is 6. The second-order valence-corrected chi connectivity index (χ2v) is 22.7. The van der Waals surface area contributed by atoms with Crippen LogP contribution in [0.2, 0.25) is 0 Å². The van der Waals surface area contributed by atoms with Gasteiger partial charge in [0.15, 0.2) is 0 Å². The van der Waals surface area contributed by atoms with Crippen LogP contribution in [0.5, 0.6) is 0 Å². The van der Waals surface area contributed by atoms with E-state index in [9.17, 15) is 24.3 Å². The molecule has 7 aliphatic carbocycles. The first-order valence-electron chi connectivity index (χ1n) is 24.8. The molecule has 340 valence electrons. The molecule has 11 fully saturated rings. The molecule has 0 spiro atoms. The second kappa shape index (κ2) is 15.6. The van der Waals surface area contributed by atoms with Crippen LogP contribution in [-0.4, -0.2) is 97.4 Å². The minimum atomic E-state index is -0.920. The number of ether oxygens (including phenoxy) is 4. The molecular formula is C49H68N2O11. The van der Waals surface area contributed by atoms with Crippen LogP contribution in [0.15, 0.2) is 0 Å². The summed E-state index contributed by atoms with van der Waals surface area (Å²) < 4.78 is 23.5. The molecule has 13 heteroatoms. The Morgan fingerprint density at radius 3 is 2.06 bits per heavy atom. The highest BCUT2D eigenvalue weighted by Gasteiger charge is 2.71. The summed E-state index contributed by atoms with van der Waals surface area (Å²) in [6.07, 6.45) is 10.6. The van der Waals surface area contributed by atoms with Gasteiger partial charge < -0.3 is 24.1 Å². The summed E-state index contributed by atoms with van der Waals surface area (Å²) >= 11 is 0. The maximum Gasteiger partial charge on any atom is 0.309 e. The molecule has 62 heavy (non-hydrogen) atoms. The molecule has 6 bridgehead atoms. The first-order chi connectivity index (χ1) is 29.9. The van der Waals surface area contributed by atoms with Crippen molar-refractivity contribution < 1.29 is 52.8 Å². The van der Waals surface area contributed by atoms with E-state index in [1.54, 1.807) is 11.8 Å². The number of epoxide rings is 1. The number of amides is 4. The molecule has 11 rings (SSSR count). The van der Waals surface area contributed by atoms with E-state index < -0.39 is 41.5 Å². The molecule has 2 N–H and O–H groups in total. The van der Waals surface area contributed by atoms with Gasteiger partial charge in [0.1, 0.15) is 12.7 Å². The van der Waals surface area contributed by atoms with Crippen molar-refractivity contribution in [3.63, 3.8) is 0 Å². The average Bonchev–Trinajstić information content (AvgIpc) is 3.89. The molecule has 20 unspecified atom stereocenters. The fraction of sp³-hybridized carbons (Fsp3) is 0.878. The van der Waals surface area contributed by atoms with Crippen LogP contribution in [0, 0.1) is 118 Å². The van der Waals surface area contributed by atoms with Gasteiger partial charge in [-0.15, -0.1) is 0 Å². The molecule has 0 radical (unpaired) electrons. The van der Waals surface area contributed by atoms with E-state index in [1.165, 1.54) is 0 Å². The van der Waals surface area contributed by atoms with Crippen molar-refractivity contribution in [2.45, 2.75) is 110 Å². The first-order valence-corrected chi connectivity index (χ1v) is 24.8. The molecule has 4 amide bonds. The molecule has 0 aromatic carbocycles. The van der Waals surface area contributed by atoms with E-state index in [0.717, 1.165) is 70.6 Å². The normalized spacial score (nSPS) is 48.7. The predicted octanol–water partition coefficient (Wildman–Crippen LogP) is 4.98. The first kappa shape index (κ1) is 41.8. The van der Waals surface area contributed by atoms with Gasteiger partial charge in [0.05, 0.1) is 61.4 Å². The Hall–Kier alpha value is -2.90. The lowest BCUT2D eigenvalue weighted by Crippen LogP contribution is -2.51. The van der Waals surface area contributed by atoms with Crippen LogP contribution in [0.25, 0.3) is 0 Å². The van der Waals surface area contributed by atoms with Gasteiger partial charge in [-0.2, -0.15) is 0 Å². The zero-order valence-electron chi connectivity index (χ0n) is 36.8.